The van der Waals surface area contributed by atoms with E-state index in [0.29, 0.717) is 18.4 Å². The molecular weight excluding hydrogens is 364 g/mol. The van der Waals surface area contributed by atoms with E-state index >= 15 is 0 Å². The van der Waals surface area contributed by atoms with Gasteiger partial charge in [-0.1, -0.05) is 0 Å². The van der Waals surface area contributed by atoms with Crippen LogP contribution in [0.1, 0.15) is 42.9 Å². The number of nitrogens with zero attached hydrogens (tertiary/aromatic N) is 5. The number of likely N-dealkylation sites (tertiary alicyclic amines) is 1. The number of pyridine rings is 1. The van der Waals surface area contributed by atoms with E-state index in [1.807, 2.05) is 18.3 Å². The number of aromatic amines is 1. The van der Waals surface area contributed by atoms with Gasteiger partial charge in [0.1, 0.15) is 0 Å². The maximum Gasteiger partial charge on any atom is 0.266 e. The SMILES string of the molecule is O=c1ccc(-c2ccncc2)nn1CC1CCN(Cc2cn[nH]c2C2CC2)CC1. The third-order valence-corrected chi connectivity index (χ3v) is 6.11. The molecule has 0 atom stereocenters. The van der Waals surface area contributed by atoms with Crippen LogP contribution in [0.5, 0.6) is 0 Å². The first kappa shape index (κ1) is 18.2. The fourth-order valence-corrected chi connectivity index (χ4v) is 4.24. The van der Waals surface area contributed by atoms with Gasteiger partial charge in [0.05, 0.1) is 11.9 Å². The number of nitrogens with one attached hydrogen (secondary N) is 1. The van der Waals surface area contributed by atoms with Gasteiger partial charge >= 0.3 is 0 Å². The van der Waals surface area contributed by atoms with Crippen LogP contribution in [0.25, 0.3) is 11.3 Å². The highest BCUT2D eigenvalue weighted by molar-refractivity contribution is 5.56. The zero-order valence-electron chi connectivity index (χ0n) is 16.5. The van der Waals surface area contributed by atoms with E-state index in [4.69, 9.17) is 0 Å². The minimum atomic E-state index is -0.0299. The largest absolute Gasteiger partial charge is 0.299 e. The van der Waals surface area contributed by atoms with Crippen LogP contribution in [-0.2, 0) is 13.1 Å². The third-order valence-electron chi connectivity index (χ3n) is 6.11. The van der Waals surface area contributed by atoms with E-state index in [0.717, 1.165) is 43.7 Å². The van der Waals surface area contributed by atoms with Crippen LogP contribution >= 0.6 is 0 Å². The number of rotatable bonds is 6. The zero-order valence-corrected chi connectivity index (χ0v) is 16.5. The topological polar surface area (TPSA) is 79.7 Å². The standard InChI is InChI=1S/C22H26N6O/c29-21-4-3-20(17-5-9-23-10-6-17)26-28(21)14-16-7-11-27(12-8-16)15-19-13-24-25-22(19)18-1-2-18/h3-6,9-10,13,16,18H,1-2,7-8,11-12,14-15H2,(H,24,25). The highest BCUT2D eigenvalue weighted by Gasteiger charge is 2.29. The van der Waals surface area contributed by atoms with E-state index in [1.54, 1.807) is 29.2 Å². The summed E-state index contributed by atoms with van der Waals surface area (Å²) < 4.78 is 1.64. The van der Waals surface area contributed by atoms with Crippen molar-refractivity contribution in [3.05, 3.63) is 64.5 Å². The summed E-state index contributed by atoms with van der Waals surface area (Å²) in [5.74, 6) is 1.19. The third kappa shape index (κ3) is 4.15. The Morgan fingerprint density at radius 3 is 2.59 bits per heavy atom. The van der Waals surface area contributed by atoms with Crippen molar-refractivity contribution in [3.8, 4) is 11.3 Å². The molecule has 150 valence electrons. The van der Waals surface area contributed by atoms with E-state index in [1.165, 1.54) is 24.1 Å². The molecule has 0 bridgehead atoms. The van der Waals surface area contributed by atoms with Crippen LogP contribution < -0.4 is 5.56 Å². The molecule has 1 N–H and O–H groups in total. The summed E-state index contributed by atoms with van der Waals surface area (Å²) >= 11 is 0. The molecule has 1 aliphatic carbocycles. The van der Waals surface area contributed by atoms with Crippen molar-refractivity contribution in [2.24, 2.45) is 5.92 Å². The Bertz CT molecular complexity index is 1020. The number of piperidine rings is 1. The van der Waals surface area contributed by atoms with Gasteiger partial charge in [0.15, 0.2) is 0 Å². The predicted octanol–water partition coefficient (Wildman–Crippen LogP) is 2.82. The fourth-order valence-electron chi connectivity index (χ4n) is 4.24. The molecule has 2 fully saturated rings. The number of aromatic nitrogens is 5. The molecule has 7 nitrogen and oxygen atoms in total. The first-order valence-electron chi connectivity index (χ1n) is 10.5. The lowest BCUT2D eigenvalue weighted by Crippen LogP contribution is -2.36. The molecule has 0 spiro atoms. The van der Waals surface area contributed by atoms with Crippen molar-refractivity contribution in [1.29, 1.82) is 0 Å². The second-order valence-electron chi connectivity index (χ2n) is 8.28. The summed E-state index contributed by atoms with van der Waals surface area (Å²) in [6.07, 6.45) is 10.2. The van der Waals surface area contributed by atoms with E-state index < -0.39 is 0 Å². The molecular formula is C22H26N6O. The van der Waals surface area contributed by atoms with E-state index in [9.17, 15) is 4.79 Å². The highest BCUT2D eigenvalue weighted by atomic mass is 16.1. The van der Waals surface area contributed by atoms with Crippen LogP contribution in [0.2, 0.25) is 0 Å². The molecule has 0 amide bonds. The number of hydrogen-bond acceptors (Lipinski definition) is 5. The molecule has 3 aromatic rings. The van der Waals surface area contributed by atoms with E-state index in [-0.39, 0.29) is 5.56 Å². The van der Waals surface area contributed by atoms with Crippen LogP contribution in [0.3, 0.4) is 0 Å². The molecule has 3 aromatic heterocycles. The highest BCUT2D eigenvalue weighted by Crippen LogP contribution is 2.40. The first-order chi connectivity index (χ1) is 14.3. The lowest BCUT2D eigenvalue weighted by molar-refractivity contribution is 0.163. The summed E-state index contributed by atoms with van der Waals surface area (Å²) in [5, 5.41) is 12.1. The second kappa shape index (κ2) is 7.91. The lowest BCUT2D eigenvalue weighted by atomic mass is 9.96. The normalized spacial score (nSPS) is 18.2. The monoisotopic (exact) mass is 390 g/mol. The van der Waals surface area contributed by atoms with Crippen molar-refractivity contribution >= 4 is 0 Å². The van der Waals surface area contributed by atoms with Gasteiger partial charge in [0.25, 0.3) is 5.56 Å². The summed E-state index contributed by atoms with van der Waals surface area (Å²) in [6, 6.07) is 7.25. The molecule has 4 heterocycles. The van der Waals surface area contributed by atoms with Crippen molar-refractivity contribution in [3.63, 3.8) is 0 Å². The average Bonchev–Trinajstić information content (AvgIpc) is 3.50. The Balaban J connectivity index is 1.21. The Morgan fingerprint density at radius 1 is 1.03 bits per heavy atom. The summed E-state index contributed by atoms with van der Waals surface area (Å²) in [6.45, 7) is 3.77. The van der Waals surface area contributed by atoms with Gasteiger partial charge in [-0.3, -0.25) is 19.8 Å². The summed E-state index contributed by atoms with van der Waals surface area (Å²) in [7, 11) is 0. The van der Waals surface area contributed by atoms with Gasteiger partial charge in [-0.2, -0.15) is 10.2 Å². The van der Waals surface area contributed by atoms with Gasteiger partial charge in [-0.25, -0.2) is 4.68 Å². The Labute approximate surface area is 169 Å². The lowest BCUT2D eigenvalue weighted by Gasteiger charge is -2.32. The average molecular weight is 390 g/mol. The zero-order chi connectivity index (χ0) is 19.6. The molecule has 0 unspecified atom stereocenters. The predicted molar refractivity (Wildman–Crippen MR) is 110 cm³/mol. The molecule has 5 rings (SSSR count). The van der Waals surface area contributed by atoms with Crippen LogP contribution in [0, 0.1) is 5.92 Å². The molecule has 7 heteroatoms. The second-order valence-corrected chi connectivity index (χ2v) is 8.28. The Morgan fingerprint density at radius 2 is 1.83 bits per heavy atom. The van der Waals surface area contributed by atoms with Crippen molar-refractivity contribution < 1.29 is 0 Å². The molecule has 1 saturated heterocycles. The molecule has 0 radical (unpaired) electrons. The number of H-pyrrole nitrogens is 1. The Hall–Kier alpha value is -2.80. The molecule has 1 saturated carbocycles. The smallest absolute Gasteiger partial charge is 0.266 e. The summed E-state index contributed by atoms with van der Waals surface area (Å²) in [5.41, 5.74) is 4.47. The maximum atomic E-state index is 12.3. The molecule has 0 aromatic carbocycles. The van der Waals surface area contributed by atoms with Gasteiger partial charge in [-0.05, 0) is 62.9 Å². The molecule has 29 heavy (non-hydrogen) atoms. The van der Waals surface area contributed by atoms with Gasteiger partial charge in [0, 0.05) is 54.3 Å². The molecule has 1 aliphatic heterocycles. The van der Waals surface area contributed by atoms with Crippen LogP contribution in [0.4, 0.5) is 0 Å². The van der Waals surface area contributed by atoms with Crippen molar-refractivity contribution in [1.82, 2.24) is 29.9 Å². The quantitative estimate of drug-likeness (QED) is 0.700. The van der Waals surface area contributed by atoms with E-state index in [2.05, 4.69) is 25.2 Å². The number of hydrogen-bond donors (Lipinski definition) is 1. The minimum Gasteiger partial charge on any atom is -0.299 e. The fraction of sp³-hybridized carbons (Fsp3) is 0.455. The van der Waals surface area contributed by atoms with Crippen LogP contribution in [-0.4, -0.2) is 43.0 Å². The summed E-state index contributed by atoms with van der Waals surface area (Å²) in [4.78, 5) is 18.9. The van der Waals surface area contributed by atoms with Gasteiger partial charge in [0.2, 0.25) is 0 Å². The first-order valence-corrected chi connectivity index (χ1v) is 10.5. The van der Waals surface area contributed by atoms with Gasteiger partial charge in [-0.15, -0.1) is 0 Å². The van der Waals surface area contributed by atoms with Crippen molar-refractivity contribution in [2.45, 2.75) is 44.7 Å². The van der Waals surface area contributed by atoms with Crippen LogP contribution in [0.15, 0.2) is 47.7 Å². The molecule has 2 aliphatic rings. The Kier molecular flexibility index (Phi) is 4.97. The van der Waals surface area contributed by atoms with Crippen molar-refractivity contribution in [2.75, 3.05) is 13.1 Å². The minimum absolute atomic E-state index is 0.0299. The van der Waals surface area contributed by atoms with Gasteiger partial charge < -0.3 is 0 Å². The maximum absolute atomic E-state index is 12.3.